The molecule has 0 aliphatic heterocycles. The summed E-state index contributed by atoms with van der Waals surface area (Å²) < 4.78 is 4.83. The van der Waals surface area contributed by atoms with Crippen molar-refractivity contribution >= 4 is 5.90 Å². The van der Waals surface area contributed by atoms with Crippen LogP contribution in [-0.2, 0) is 9.57 Å². The number of aliphatic imine (C=N–C) groups is 1. The highest BCUT2D eigenvalue weighted by Gasteiger charge is 2.05. The highest BCUT2D eigenvalue weighted by atomic mass is 16.6. The number of rotatable bonds is 4. The molecule has 0 atom stereocenters. The summed E-state index contributed by atoms with van der Waals surface area (Å²) in [5, 5.41) is 0. The summed E-state index contributed by atoms with van der Waals surface area (Å²) >= 11 is 0. The maximum atomic E-state index is 5.01. The SMILES string of the molecule is C=C(COC)N=C(ON)C(C)C. The number of ether oxygens (including phenoxy) is 1. The van der Waals surface area contributed by atoms with Gasteiger partial charge in [-0.3, -0.25) is 0 Å². The Morgan fingerprint density at radius 2 is 2.17 bits per heavy atom. The third-order valence-corrected chi connectivity index (χ3v) is 1.19. The molecule has 0 aromatic heterocycles. The first kappa shape index (κ1) is 11.1. The van der Waals surface area contributed by atoms with Gasteiger partial charge in [-0.05, 0) is 0 Å². The van der Waals surface area contributed by atoms with Crippen LogP contribution in [0, 0.1) is 5.92 Å². The Labute approximate surface area is 73.0 Å². The van der Waals surface area contributed by atoms with Crippen molar-refractivity contribution in [3.8, 4) is 0 Å². The second-order valence-corrected chi connectivity index (χ2v) is 2.72. The Morgan fingerprint density at radius 3 is 2.50 bits per heavy atom. The molecule has 0 aromatic rings. The van der Waals surface area contributed by atoms with Crippen LogP contribution in [0.4, 0.5) is 0 Å². The monoisotopic (exact) mass is 172 g/mol. The highest BCUT2D eigenvalue weighted by molar-refractivity contribution is 5.78. The second-order valence-electron chi connectivity index (χ2n) is 2.72. The number of nitrogens with two attached hydrogens (primary N) is 1. The lowest BCUT2D eigenvalue weighted by Gasteiger charge is -2.07. The zero-order chi connectivity index (χ0) is 9.56. The average molecular weight is 172 g/mol. The summed E-state index contributed by atoms with van der Waals surface area (Å²) in [6.07, 6.45) is 0. The number of methoxy groups -OCH3 is 1. The van der Waals surface area contributed by atoms with Crippen molar-refractivity contribution in [1.29, 1.82) is 0 Å². The maximum Gasteiger partial charge on any atom is 0.216 e. The summed E-state index contributed by atoms with van der Waals surface area (Å²) in [4.78, 5) is 8.60. The molecular weight excluding hydrogens is 156 g/mol. The van der Waals surface area contributed by atoms with Crippen LogP contribution in [0.15, 0.2) is 17.3 Å². The van der Waals surface area contributed by atoms with Crippen LogP contribution in [0.3, 0.4) is 0 Å². The Morgan fingerprint density at radius 1 is 1.58 bits per heavy atom. The van der Waals surface area contributed by atoms with Crippen LogP contribution in [-0.4, -0.2) is 19.6 Å². The van der Waals surface area contributed by atoms with E-state index in [1.165, 1.54) is 0 Å². The molecule has 0 rings (SSSR count). The van der Waals surface area contributed by atoms with Gasteiger partial charge in [-0.1, -0.05) is 20.4 Å². The van der Waals surface area contributed by atoms with Gasteiger partial charge in [0.25, 0.3) is 0 Å². The molecule has 0 fully saturated rings. The fourth-order valence-electron chi connectivity index (χ4n) is 0.646. The highest BCUT2D eigenvalue weighted by Crippen LogP contribution is 2.01. The van der Waals surface area contributed by atoms with E-state index in [-0.39, 0.29) is 5.92 Å². The molecule has 0 spiro atoms. The minimum Gasteiger partial charge on any atom is -0.396 e. The van der Waals surface area contributed by atoms with E-state index in [0.29, 0.717) is 18.2 Å². The van der Waals surface area contributed by atoms with Crippen LogP contribution in [0.2, 0.25) is 0 Å². The number of nitrogens with zero attached hydrogens (tertiary/aromatic N) is 1. The Balaban J connectivity index is 4.18. The van der Waals surface area contributed by atoms with E-state index >= 15 is 0 Å². The summed E-state index contributed by atoms with van der Waals surface area (Å²) in [6, 6.07) is 0. The third-order valence-electron chi connectivity index (χ3n) is 1.19. The molecule has 0 aliphatic carbocycles. The maximum absolute atomic E-state index is 5.01. The van der Waals surface area contributed by atoms with E-state index in [4.69, 9.17) is 10.6 Å². The predicted molar refractivity (Wildman–Crippen MR) is 48.6 cm³/mol. The second kappa shape index (κ2) is 5.74. The summed E-state index contributed by atoms with van der Waals surface area (Å²) in [5.74, 6) is 5.63. The topological polar surface area (TPSA) is 56.8 Å². The summed E-state index contributed by atoms with van der Waals surface area (Å²) in [5.41, 5.74) is 0.603. The molecule has 0 amide bonds. The quantitative estimate of drug-likeness (QED) is 0.392. The fourth-order valence-corrected chi connectivity index (χ4v) is 0.646. The van der Waals surface area contributed by atoms with Gasteiger partial charge >= 0.3 is 0 Å². The Bertz CT molecular complexity index is 176. The number of hydrogen-bond donors (Lipinski definition) is 1. The van der Waals surface area contributed by atoms with Crippen molar-refractivity contribution in [2.75, 3.05) is 13.7 Å². The zero-order valence-electron chi connectivity index (χ0n) is 7.83. The van der Waals surface area contributed by atoms with Gasteiger partial charge in [-0.25, -0.2) is 4.99 Å². The lowest BCUT2D eigenvalue weighted by atomic mass is 10.2. The lowest BCUT2D eigenvalue weighted by molar-refractivity contribution is 0.224. The van der Waals surface area contributed by atoms with Crippen molar-refractivity contribution in [2.24, 2.45) is 16.8 Å². The van der Waals surface area contributed by atoms with Crippen LogP contribution >= 0.6 is 0 Å². The largest absolute Gasteiger partial charge is 0.396 e. The first-order chi connectivity index (χ1) is 5.61. The van der Waals surface area contributed by atoms with Crippen molar-refractivity contribution in [1.82, 2.24) is 0 Å². The molecular formula is C8H16N2O2. The van der Waals surface area contributed by atoms with Gasteiger partial charge in [-0.2, -0.15) is 5.90 Å². The molecule has 0 heterocycles. The van der Waals surface area contributed by atoms with E-state index in [0.717, 1.165) is 0 Å². The van der Waals surface area contributed by atoms with Gasteiger partial charge in [-0.15, -0.1) is 0 Å². The predicted octanol–water partition coefficient (Wildman–Crippen LogP) is 1.09. The molecule has 4 nitrogen and oxygen atoms in total. The van der Waals surface area contributed by atoms with E-state index < -0.39 is 0 Å². The molecule has 70 valence electrons. The van der Waals surface area contributed by atoms with Crippen molar-refractivity contribution in [3.63, 3.8) is 0 Å². The van der Waals surface area contributed by atoms with Gasteiger partial charge < -0.3 is 9.57 Å². The van der Waals surface area contributed by atoms with Crippen LogP contribution in [0.1, 0.15) is 13.8 Å². The normalized spacial score (nSPS) is 11.9. The van der Waals surface area contributed by atoms with Gasteiger partial charge in [0.2, 0.25) is 5.90 Å². The van der Waals surface area contributed by atoms with Crippen LogP contribution in [0.25, 0.3) is 0 Å². The fraction of sp³-hybridized carbons (Fsp3) is 0.625. The van der Waals surface area contributed by atoms with E-state index in [1.54, 1.807) is 7.11 Å². The molecule has 0 unspecified atom stereocenters. The Kier molecular flexibility index (Phi) is 5.32. The summed E-state index contributed by atoms with van der Waals surface area (Å²) in [6.45, 7) is 7.93. The van der Waals surface area contributed by atoms with E-state index in [9.17, 15) is 0 Å². The smallest absolute Gasteiger partial charge is 0.216 e. The van der Waals surface area contributed by atoms with Crippen LogP contribution in [0.5, 0.6) is 0 Å². The minimum absolute atomic E-state index is 0.156. The molecule has 0 aliphatic rings. The molecule has 0 radical (unpaired) electrons. The third kappa shape index (κ3) is 4.10. The van der Waals surface area contributed by atoms with Crippen molar-refractivity contribution in [3.05, 3.63) is 12.3 Å². The van der Waals surface area contributed by atoms with Crippen molar-refractivity contribution < 1.29 is 9.57 Å². The van der Waals surface area contributed by atoms with Crippen molar-refractivity contribution in [2.45, 2.75) is 13.8 Å². The van der Waals surface area contributed by atoms with Gasteiger partial charge in [0.1, 0.15) is 0 Å². The average Bonchev–Trinajstić information content (AvgIpc) is 2.00. The molecule has 0 aromatic carbocycles. The minimum atomic E-state index is 0.156. The van der Waals surface area contributed by atoms with Crippen LogP contribution < -0.4 is 5.90 Å². The zero-order valence-corrected chi connectivity index (χ0v) is 7.83. The molecule has 0 saturated carbocycles. The first-order valence-corrected chi connectivity index (χ1v) is 3.73. The van der Waals surface area contributed by atoms with Gasteiger partial charge in [0.15, 0.2) is 0 Å². The number of hydrogen-bond acceptors (Lipinski definition) is 4. The van der Waals surface area contributed by atoms with E-state index in [2.05, 4.69) is 16.4 Å². The molecule has 2 N–H and O–H groups in total. The Hall–Kier alpha value is -0.870. The lowest BCUT2D eigenvalue weighted by Crippen LogP contribution is -2.17. The molecule has 12 heavy (non-hydrogen) atoms. The standard InChI is InChI=1S/C8H16N2O2/c1-6(2)8(12-9)10-7(3)5-11-4/h6H,3,5,9H2,1-2,4H3. The molecule has 4 heteroatoms. The molecule has 0 saturated heterocycles. The summed E-state index contributed by atoms with van der Waals surface area (Å²) in [7, 11) is 1.58. The van der Waals surface area contributed by atoms with Gasteiger partial charge in [0.05, 0.1) is 12.3 Å². The van der Waals surface area contributed by atoms with Gasteiger partial charge in [0, 0.05) is 13.0 Å². The molecule has 0 bridgehead atoms. The van der Waals surface area contributed by atoms with E-state index in [1.807, 2.05) is 13.8 Å². The first-order valence-electron chi connectivity index (χ1n) is 3.73.